The molecule has 4 aromatic rings. The van der Waals surface area contributed by atoms with Crippen LogP contribution in [0.2, 0.25) is 0 Å². The van der Waals surface area contributed by atoms with E-state index in [2.05, 4.69) is 62.4 Å². The van der Waals surface area contributed by atoms with Gasteiger partial charge < -0.3 is 9.47 Å². The quantitative estimate of drug-likeness (QED) is 0.0583. The molecule has 3 saturated carbocycles. The van der Waals surface area contributed by atoms with Crippen molar-refractivity contribution in [3.8, 4) is 22.3 Å². The van der Waals surface area contributed by atoms with Gasteiger partial charge in [0.2, 0.25) is 0 Å². The minimum Gasteiger partial charge on any atom is -0.458 e. The summed E-state index contributed by atoms with van der Waals surface area (Å²) in [5, 5.41) is 0. The number of hydrogen-bond donors (Lipinski definition) is 0. The molecule has 0 saturated heterocycles. The van der Waals surface area contributed by atoms with Crippen molar-refractivity contribution in [2.45, 2.75) is 192 Å². The molecule has 0 N–H and O–H groups in total. The molecule has 0 aliphatic heterocycles. The first-order chi connectivity index (χ1) is 31.5. The summed E-state index contributed by atoms with van der Waals surface area (Å²) in [7, 11) is 0. The number of unbranched alkanes of at least 4 members (excludes halogenated alkanes) is 8. The first-order valence-corrected chi connectivity index (χ1v) is 26.3. The molecule has 3 aliphatic carbocycles. The molecule has 3 fully saturated rings. The monoisotopic (exact) mass is 865 g/mol. The maximum Gasteiger partial charge on any atom is 0.338 e. The lowest BCUT2D eigenvalue weighted by molar-refractivity contribution is -0.0247. The molecule has 1 atom stereocenters. The molecule has 344 valence electrons. The molecule has 3 aliphatic rings. The second kappa shape index (κ2) is 25.5. The van der Waals surface area contributed by atoms with E-state index in [0.29, 0.717) is 23.0 Å². The number of ether oxygens (including phenoxy) is 2. The summed E-state index contributed by atoms with van der Waals surface area (Å²) in [5.74, 6) is 2.61. The van der Waals surface area contributed by atoms with E-state index in [9.17, 15) is 9.59 Å². The third kappa shape index (κ3) is 14.2. The molecular weight excluding hydrogens is 785 g/mol. The van der Waals surface area contributed by atoms with Crippen molar-refractivity contribution in [1.29, 1.82) is 0 Å². The van der Waals surface area contributed by atoms with E-state index >= 15 is 0 Å². The third-order valence-corrected chi connectivity index (χ3v) is 15.6. The van der Waals surface area contributed by atoms with Crippen molar-refractivity contribution >= 4 is 11.9 Å². The minimum atomic E-state index is -0.479. The first-order valence-electron chi connectivity index (χ1n) is 26.3. The number of esters is 2. The van der Waals surface area contributed by atoms with Crippen LogP contribution in [0.3, 0.4) is 0 Å². The Balaban J connectivity index is 0.869. The molecule has 4 aromatic carbocycles. The van der Waals surface area contributed by atoms with Gasteiger partial charge in [-0.2, -0.15) is 0 Å². The van der Waals surface area contributed by atoms with E-state index in [1.54, 1.807) is 0 Å². The second-order valence-corrected chi connectivity index (χ2v) is 20.2. The van der Waals surface area contributed by atoms with Crippen LogP contribution in [-0.2, 0) is 9.47 Å². The molecule has 7 rings (SSSR count). The largest absolute Gasteiger partial charge is 0.458 e. The highest BCUT2D eigenvalue weighted by atomic mass is 16.6. The molecule has 0 heterocycles. The minimum absolute atomic E-state index is 0.0600. The van der Waals surface area contributed by atoms with Gasteiger partial charge in [0.15, 0.2) is 0 Å². The van der Waals surface area contributed by atoms with Gasteiger partial charge in [0.1, 0.15) is 12.7 Å². The Morgan fingerprint density at radius 2 is 0.844 bits per heavy atom. The SMILES string of the molecule is CCCCCCCC1CCC(c2ccc(-c3ccc(C(=O)OCC(OC(=O)c4ccc(-c5ccc(C6CCC(CCCCCCC)CC6)cc5)cc4)C4CCCCC4)cc3)cc2)CC1. The topological polar surface area (TPSA) is 52.6 Å². The fourth-order valence-electron chi connectivity index (χ4n) is 11.4. The molecule has 0 radical (unpaired) electrons. The van der Waals surface area contributed by atoms with E-state index in [1.165, 1.54) is 146 Å². The molecule has 0 amide bonds. The Hall–Kier alpha value is -4.18. The predicted octanol–water partition coefficient (Wildman–Crippen LogP) is 17.3. The van der Waals surface area contributed by atoms with Crippen molar-refractivity contribution in [3.63, 3.8) is 0 Å². The Morgan fingerprint density at radius 3 is 1.27 bits per heavy atom. The summed E-state index contributed by atoms with van der Waals surface area (Å²) in [6.45, 7) is 4.64. The fraction of sp³-hybridized carbons (Fsp3) is 0.567. The van der Waals surface area contributed by atoms with Crippen LogP contribution in [0, 0.1) is 17.8 Å². The highest BCUT2D eigenvalue weighted by Gasteiger charge is 2.29. The zero-order valence-electron chi connectivity index (χ0n) is 39.7. The molecule has 0 aromatic heterocycles. The molecule has 1 unspecified atom stereocenters. The Labute approximate surface area is 387 Å². The lowest BCUT2D eigenvalue weighted by Gasteiger charge is -2.29. The van der Waals surface area contributed by atoms with Gasteiger partial charge in [-0.3, -0.25) is 0 Å². The van der Waals surface area contributed by atoms with Gasteiger partial charge >= 0.3 is 11.9 Å². The Kier molecular flexibility index (Phi) is 19.0. The molecule has 4 nitrogen and oxygen atoms in total. The number of rotatable bonds is 22. The van der Waals surface area contributed by atoms with Crippen LogP contribution in [0.5, 0.6) is 0 Å². The van der Waals surface area contributed by atoms with Crippen LogP contribution < -0.4 is 0 Å². The molecule has 0 spiro atoms. The molecule has 64 heavy (non-hydrogen) atoms. The standard InChI is InChI=1S/C60H80O4/c1-3-5-7-9-12-16-45-20-24-47(25-21-45)49-28-32-51(33-29-49)53-36-40-56(41-37-53)59(61)63-44-58(55-18-14-11-15-19-55)64-60(62)57-42-38-54(39-43-57)52-34-30-50(31-35-52)48-26-22-46(23-27-48)17-13-10-8-6-4-2/h28-43,45-48,55,58H,3-27,44H2,1-2H3. The Morgan fingerprint density at radius 1 is 0.453 bits per heavy atom. The normalized spacial score (nSPS) is 21.0. The van der Waals surface area contributed by atoms with E-state index < -0.39 is 6.10 Å². The van der Waals surface area contributed by atoms with Crippen LogP contribution in [0.25, 0.3) is 22.3 Å². The van der Waals surface area contributed by atoms with Crippen molar-refractivity contribution in [2.75, 3.05) is 6.61 Å². The number of hydrogen-bond acceptors (Lipinski definition) is 4. The van der Waals surface area contributed by atoms with Gasteiger partial charge in [-0.05, 0) is 151 Å². The summed E-state index contributed by atoms with van der Waals surface area (Å²) in [6, 6.07) is 33.7. The van der Waals surface area contributed by atoms with Crippen molar-refractivity contribution in [3.05, 3.63) is 119 Å². The van der Waals surface area contributed by atoms with E-state index in [4.69, 9.17) is 9.47 Å². The summed E-state index contributed by atoms with van der Waals surface area (Å²) >= 11 is 0. The number of carbonyl (C=O) groups is 2. The average Bonchev–Trinajstić information content (AvgIpc) is 3.36. The van der Waals surface area contributed by atoms with Crippen molar-refractivity contribution in [1.82, 2.24) is 0 Å². The van der Waals surface area contributed by atoms with Crippen molar-refractivity contribution < 1.29 is 19.1 Å². The number of benzene rings is 4. The lowest BCUT2D eigenvalue weighted by atomic mass is 9.77. The molecule has 4 heteroatoms. The van der Waals surface area contributed by atoms with Crippen LogP contribution in [-0.4, -0.2) is 24.6 Å². The average molecular weight is 865 g/mol. The maximum atomic E-state index is 13.6. The Bertz CT molecular complexity index is 1940. The van der Waals surface area contributed by atoms with Crippen LogP contribution in [0.15, 0.2) is 97.1 Å². The lowest BCUT2D eigenvalue weighted by Crippen LogP contribution is -2.33. The van der Waals surface area contributed by atoms with Gasteiger partial charge in [0.25, 0.3) is 0 Å². The third-order valence-electron chi connectivity index (χ3n) is 15.6. The molecular formula is C60H80O4. The van der Waals surface area contributed by atoms with Crippen molar-refractivity contribution in [2.24, 2.45) is 17.8 Å². The van der Waals surface area contributed by atoms with E-state index in [1.807, 2.05) is 48.5 Å². The zero-order valence-corrected chi connectivity index (χ0v) is 39.7. The van der Waals surface area contributed by atoms with E-state index in [0.717, 1.165) is 59.8 Å². The van der Waals surface area contributed by atoms with Gasteiger partial charge in [0, 0.05) is 0 Å². The summed E-state index contributed by atoms with van der Waals surface area (Å²) in [4.78, 5) is 27.0. The van der Waals surface area contributed by atoms with Crippen LogP contribution in [0.1, 0.15) is 218 Å². The van der Waals surface area contributed by atoms with Gasteiger partial charge in [-0.15, -0.1) is 0 Å². The smallest absolute Gasteiger partial charge is 0.338 e. The van der Waals surface area contributed by atoms with Crippen LogP contribution >= 0.6 is 0 Å². The highest BCUT2D eigenvalue weighted by Crippen LogP contribution is 2.40. The molecule has 0 bridgehead atoms. The fourth-order valence-corrected chi connectivity index (χ4v) is 11.4. The summed E-state index contributed by atoms with van der Waals surface area (Å²) < 4.78 is 12.1. The predicted molar refractivity (Wildman–Crippen MR) is 266 cm³/mol. The zero-order chi connectivity index (χ0) is 44.4. The first kappa shape index (κ1) is 47.8. The van der Waals surface area contributed by atoms with Crippen LogP contribution in [0.4, 0.5) is 0 Å². The maximum absolute atomic E-state index is 13.6. The van der Waals surface area contributed by atoms with E-state index in [-0.39, 0.29) is 24.5 Å². The summed E-state index contributed by atoms with van der Waals surface area (Å²) in [5.41, 5.74) is 8.45. The highest BCUT2D eigenvalue weighted by molar-refractivity contribution is 5.91. The second-order valence-electron chi connectivity index (χ2n) is 20.2. The summed E-state index contributed by atoms with van der Waals surface area (Å²) in [6.07, 6.45) is 32.2. The van der Waals surface area contributed by atoms with Gasteiger partial charge in [0.05, 0.1) is 11.1 Å². The van der Waals surface area contributed by atoms with Gasteiger partial charge in [-0.1, -0.05) is 183 Å². The van der Waals surface area contributed by atoms with Gasteiger partial charge in [-0.25, -0.2) is 9.59 Å². The number of carbonyl (C=O) groups excluding carboxylic acids is 2.